The number of rotatable bonds is 1. The van der Waals surface area contributed by atoms with Crippen molar-refractivity contribution in [2.24, 2.45) is 0 Å². The van der Waals surface area contributed by atoms with E-state index in [1.165, 1.54) is 0 Å². The highest BCUT2D eigenvalue weighted by atomic mass is 16.1. The van der Waals surface area contributed by atoms with Gasteiger partial charge in [-0.1, -0.05) is 0 Å². The molecule has 0 aromatic heterocycles. The van der Waals surface area contributed by atoms with Gasteiger partial charge >= 0.3 is 0 Å². The fourth-order valence-electron chi connectivity index (χ4n) is 1.19. The van der Waals surface area contributed by atoms with E-state index < -0.39 is 0 Å². The maximum Gasteiger partial charge on any atom is 0.138 e. The monoisotopic (exact) mass is 142 g/mol. The third kappa shape index (κ3) is 1.55. The van der Waals surface area contributed by atoms with E-state index in [4.69, 9.17) is 0 Å². The second-order valence-corrected chi connectivity index (χ2v) is 2.95. The van der Waals surface area contributed by atoms with E-state index in [1.54, 1.807) is 0 Å². The van der Waals surface area contributed by atoms with Crippen LogP contribution < -0.4 is 0 Å². The molecule has 10 heavy (non-hydrogen) atoms. The quantitative estimate of drug-likeness (QED) is 0.458. The average molecular weight is 142 g/mol. The predicted octanol–water partition coefficient (Wildman–Crippen LogP) is -0.569. The summed E-state index contributed by atoms with van der Waals surface area (Å²) in [7, 11) is 4.04. The van der Waals surface area contributed by atoms with E-state index in [-0.39, 0.29) is 6.04 Å². The molecule has 3 nitrogen and oxygen atoms in total. The Morgan fingerprint density at radius 2 is 2.10 bits per heavy atom. The van der Waals surface area contributed by atoms with Crippen molar-refractivity contribution in [2.45, 2.75) is 6.04 Å². The highest BCUT2D eigenvalue weighted by Gasteiger charge is 2.20. The molecule has 1 fully saturated rings. The van der Waals surface area contributed by atoms with Gasteiger partial charge in [0.05, 0.1) is 6.04 Å². The Kier molecular flexibility index (Phi) is 2.40. The van der Waals surface area contributed by atoms with Crippen molar-refractivity contribution in [3.63, 3.8) is 0 Å². The third-order valence-electron chi connectivity index (χ3n) is 2.06. The number of piperazine rings is 1. The molecule has 3 heteroatoms. The lowest BCUT2D eigenvalue weighted by atomic mass is 10.2. The topological polar surface area (TPSA) is 23.6 Å². The van der Waals surface area contributed by atoms with Crippen LogP contribution in [0, 0.1) is 0 Å². The standard InChI is InChI=1S/C7H14N2O/c1-8-3-4-9(2)7(5-8)6-10/h6-7H,3-5H2,1-2H3. The summed E-state index contributed by atoms with van der Waals surface area (Å²) in [5, 5.41) is 0. The van der Waals surface area contributed by atoms with Gasteiger partial charge in [0, 0.05) is 19.6 Å². The number of likely N-dealkylation sites (N-methyl/N-ethyl adjacent to an activating group) is 2. The van der Waals surface area contributed by atoms with Gasteiger partial charge in [0.1, 0.15) is 6.29 Å². The van der Waals surface area contributed by atoms with Crippen molar-refractivity contribution >= 4 is 6.29 Å². The molecule has 0 N–H and O–H groups in total. The Morgan fingerprint density at radius 3 is 2.60 bits per heavy atom. The van der Waals surface area contributed by atoms with Crippen LogP contribution in [-0.4, -0.2) is 55.9 Å². The summed E-state index contributed by atoms with van der Waals surface area (Å²) < 4.78 is 0. The molecule has 0 aromatic carbocycles. The molecule has 0 aromatic rings. The Balaban J connectivity index is 2.45. The van der Waals surface area contributed by atoms with Crippen molar-refractivity contribution in [1.29, 1.82) is 0 Å². The molecule has 0 spiro atoms. The minimum absolute atomic E-state index is 0.110. The molecule has 0 saturated carbocycles. The van der Waals surface area contributed by atoms with Crippen LogP contribution in [-0.2, 0) is 4.79 Å². The van der Waals surface area contributed by atoms with E-state index in [0.29, 0.717) is 0 Å². The average Bonchev–Trinajstić information content (AvgIpc) is 1.94. The molecule has 0 bridgehead atoms. The number of hydrogen-bond donors (Lipinski definition) is 0. The minimum Gasteiger partial charge on any atom is -0.303 e. The van der Waals surface area contributed by atoms with Gasteiger partial charge in [-0.25, -0.2) is 0 Å². The summed E-state index contributed by atoms with van der Waals surface area (Å²) >= 11 is 0. The summed E-state index contributed by atoms with van der Waals surface area (Å²) in [6, 6.07) is 0.110. The number of aldehydes is 1. The normalized spacial score (nSPS) is 30.4. The first-order valence-corrected chi connectivity index (χ1v) is 3.58. The van der Waals surface area contributed by atoms with Crippen LogP contribution in [0.2, 0.25) is 0 Å². The summed E-state index contributed by atoms with van der Waals surface area (Å²) in [6.07, 6.45) is 1.02. The molecule has 0 radical (unpaired) electrons. The van der Waals surface area contributed by atoms with Crippen molar-refractivity contribution in [3.05, 3.63) is 0 Å². The van der Waals surface area contributed by atoms with Crippen LogP contribution in [0.15, 0.2) is 0 Å². The lowest BCUT2D eigenvalue weighted by molar-refractivity contribution is -0.113. The van der Waals surface area contributed by atoms with E-state index in [1.807, 2.05) is 14.1 Å². The molecule has 58 valence electrons. The fourth-order valence-corrected chi connectivity index (χ4v) is 1.19. The number of hydrogen-bond acceptors (Lipinski definition) is 3. The zero-order chi connectivity index (χ0) is 7.56. The molecule has 1 unspecified atom stereocenters. The second-order valence-electron chi connectivity index (χ2n) is 2.95. The minimum atomic E-state index is 0.110. The Morgan fingerprint density at radius 1 is 1.40 bits per heavy atom. The van der Waals surface area contributed by atoms with E-state index in [9.17, 15) is 4.79 Å². The zero-order valence-electron chi connectivity index (χ0n) is 6.58. The van der Waals surface area contributed by atoms with Gasteiger partial charge in [-0.05, 0) is 14.1 Å². The van der Waals surface area contributed by atoms with Crippen LogP contribution in [0.5, 0.6) is 0 Å². The van der Waals surface area contributed by atoms with Crippen LogP contribution >= 0.6 is 0 Å². The first kappa shape index (κ1) is 7.69. The lowest BCUT2D eigenvalue weighted by Crippen LogP contribution is -2.50. The summed E-state index contributed by atoms with van der Waals surface area (Å²) in [5.74, 6) is 0. The van der Waals surface area contributed by atoms with Crippen molar-refractivity contribution in [1.82, 2.24) is 9.80 Å². The first-order valence-electron chi connectivity index (χ1n) is 3.58. The van der Waals surface area contributed by atoms with Crippen LogP contribution in [0.4, 0.5) is 0 Å². The highest BCUT2D eigenvalue weighted by Crippen LogP contribution is 2.02. The van der Waals surface area contributed by atoms with E-state index in [2.05, 4.69) is 9.80 Å². The van der Waals surface area contributed by atoms with Gasteiger partial charge in [0.2, 0.25) is 0 Å². The maximum atomic E-state index is 10.4. The number of carbonyl (C=O) groups is 1. The second kappa shape index (κ2) is 3.12. The Bertz CT molecular complexity index is 127. The van der Waals surface area contributed by atoms with Gasteiger partial charge in [0.25, 0.3) is 0 Å². The highest BCUT2D eigenvalue weighted by molar-refractivity contribution is 5.58. The summed E-state index contributed by atoms with van der Waals surface area (Å²) in [5.41, 5.74) is 0. The summed E-state index contributed by atoms with van der Waals surface area (Å²) in [6.45, 7) is 2.95. The van der Waals surface area contributed by atoms with E-state index >= 15 is 0 Å². The largest absolute Gasteiger partial charge is 0.303 e. The van der Waals surface area contributed by atoms with Gasteiger partial charge in [-0.2, -0.15) is 0 Å². The van der Waals surface area contributed by atoms with Gasteiger partial charge in [0.15, 0.2) is 0 Å². The molecule has 1 saturated heterocycles. The van der Waals surface area contributed by atoms with Gasteiger partial charge in [-0.3, -0.25) is 4.90 Å². The molecule has 1 aliphatic rings. The Labute approximate surface area is 61.6 Å². The van der Waals surface area contributed by atoms with E-state index in [0.717, 1.165) is 25.9 Å². The molecular formula is C7H14N2O. The smallest absolute Gasteiger partial charge is 0.138 e. The molecule has 0 aliphatic carbocycles. The van der Waals surface area contributed by atoms with Gasteiger partial charge < -0.3 is 9.69 Å². The van der Waals surface area contributed by atoms with Crippen LogP contribution in [0.3, 0.4) is 0 Å². The fraction of sp³-hybridized carbons (Fsp3) is 0.857. The molecule has 1 rings (SSSR count). The third-order valence-corrected chi connectivity index (χ3v) is 2.06. The number of carbonyl (C=O) groups excluding carboxylic acids is 1. The zero-order valence-corrected chi connectivity index (χ0v) is 6.58. The predicted molar refractivity (Wildman–Crippen MR) is 40.0 cm³/mol. The first-order chi connectivity index (χ1) is 4.74. The Hall–Kier alpha value is -0.410. The van der Waals surface area contributed by atoms with Gasteiger partial charge in [-0.15, -0.1) is 0 Å². The molecule has 1 atom stereocenters. The maximum absolute atomic E-state index is 10.4. The molecule has 1 heterocycles. The summed E-state index contributed by atoms with van der Waals surface area (Å²) in [4.78, 5) is 14.7. The van der Waals surface area contributed by atoms with Crippen molar-refractivity contribution < 1.29 is 4.79 Å². The SMILES string of the molecule is CN1CCN(C)C(C=O)C1. The van der Waals surface area contributed by atoms with Crippen molar-refractivity contribution in [3.8, 4) is 0 Å². The number of nitrogens with zero attached hydrogens (tertiary/aromatic N) is 2. The van der Waals surface area contributed by atoms with Crippen LogP contribution in [0.1, 0.15) is 0 Å². The molecular weight excluding hydrogens is 128 g/mol. The van der Waals surface area contributed by atoms with Crippen LogP contribution in [0.25, 0.3) is 0 Å². The van der Waals surface area contributed by atoms with Crippen molar-refractivity contribution in [2.75, 3.05) is 33.7 Å². The lowest BCUT2D eigenvalue weighted by Gasteiger charge is -2.34. The molecule has 0 amide bonds. The molecule has 1 aliphatic heterocycles.